The van der Waals surface area contributed by atoms with Gasteiger partial charge in [0.25, 0.3) is 0 Å². The van der Waals surface area contributed by atoms with Gasteiger partial charge in [-0.3, -0.25) is 0 Å². The highest BCUT2D eigenvalue weighted by Gasteiger charge is 2.29. The van der Waals surface area contributed by atoms with Crippen molar-refractivity contribution >= 4 is 27.3 Å². The van der Waals surface area contributed by atoms with Gasteiger partial charge < -0.3 is 10.4 Å². The van der Waals surface area contributed by atoms with Gasteiger partial charge in [-0.05, 0) is 58.9 Å². The molecule has 2 nitrogen and oxygen atoms in total. The molecule has 2 N–H and O–H groups in total. The first-order valence-corrected chi connectivity index (χ1v) is 6.52. The summed E-state index contributed by atoms with van der Waals surface area (Å²) in [5.74, 6) is 0. The monoisotopic (exact) mass is 275 g/mol. The van der Waals surface area contributed by atoms with Gasteiger partial charge in [0.1, 0.15) is 0 Å². The molecule has 0 saturated carbocycles. The molecule has 1 saturated heterocycles. The SMILES string of the molecule is OC1(Cc2ccsc2Br)CCNCC1. The number of hydrogen-bond donors (Lipinski definition) is 2. The molecule has 0 atom stereocenters. The molecule has 0 amide bonds. The molecule has 0 spiro atoms. The van der Waals surface area contributed by atoms with Gasteiger partial charge in [0.15, 0.2) is 0 Å². The summed E-state index contributed by atoms with van der Waals surface area (Å²) < 4.78 is 1.16. The van der Waals surface area contributed by atoms with E-state index in [2.05, 4.69) is 32.7 Å². The third-order valence-electron chi connectivity index (χ3n) is 2.75. The van der Waals surface area contributed by atoms with Crippen LogP contribution in [0.15, 0.2) is 15.2 Å². The first-order chi connectivity index (χ1) is 6.70. The highest BCUT2D eigenvalue weighted by molar-refractivity contribution is 9.11. The lowest BCUT2D eigenvalue weighted by atomic mass is 9.87. The Labute approximate surface area is 96.5 Å². The van der Waals surface area contributed by atoms with Crippen LogP contribution in [0.2, 0.25) is 0 Å². The fourth-order valence-corrected chi connectivity index (χ4v) is 3.11. The maximum absolute atomic E-state index is 10.3. The van der Waals surface area contributed by atoms with Gasteiger partial charge in [0.05, 0.1) is 9.39 Å². The lowest BCUT2D eigenvalue weighted by Gasteiger charge is -2.32. The van der Waals surface area contributed by atoms with Gasteiger partial charge in [0.2, 0.25) is 0 Å². The van der Waals surface area contributed by atoms with Crippen LogP contribution in [-0.4, -0.2) is 23.8 Å². The number of piperidine rings is 1. The van der Waals surface area contributed by atoms with Crippen LogP contribution in [0.4, 0.5) is 0 Å². The second-order valence-corrected chi connectivity index (χ2v) is 6.10. The highest BCUT2D eigenvalue weighted by atomic mass is 79.9. The van der Waals surface area contributed by atoms with Crippen molar-refractivity contribution in [2.45, 2.75) is 24.9 Å². The number of halogens is 1. The molecular formula is C10H14BrNOS. The molecule has 1 fully saturated rings. The van der Waals surface area contributed by atoms with Gasteiger partial charge in [-0.15, -0.1) is 11.3 Å². The second kappa shape index (κ2) is 4.31. The van der Waals surface area contributed by atoms with E-state index in [0.29, 0.717) is 0 Å². The molecule has 1 aliphatic rings. The van der Waals surface area contributed by atoms with Crippen molar-refractivity contribution in [3.63, 3.8) is 0 Å². The first kappa shape index (κ1) is 10.6. The molecule has 1 aromatic heterocycles. The number of nitrogens with one attached hydrogen (secondary N) is 1. The molecule has 4 heteroatoms. The van der Waals surface area contributed by atoms with Crippen LogP contribution in [0, 0.1) is 0 Å². The summed E-state index contributed by atoms with van der Waals surface area (Å²) in [7, 11) is 0. The first-order valence-electron chi connectivity index (χ1n) is 4.85. The molecule has 0 radical (unpaired) electrons. The summed E-state index contributed by atoms with van der Waals surface area (Å²) in [6.45, 7) is 1.86. The summed E-state index contributed by atoms with van der Waals surface area (Å²) in [6, 6.07) is 2.09. The zero-order valence-electron chi connectivity index (χ0n) is 7.92. The van der Waals surface area contributed by atoms with E-state index in [1.807, 2.05) is 0 Å². The zero-order valence-corrected chi connectivity index (χ0v) is 10.3. The topological polar surface area (TPSA) is 32.3 Å². The molecule has 1 aromatic rings. The normalized spacial score (nSPS) is 21.0. The largest absolute Gasteiger partial charge is 0.389 e. The van der Waals surface area contributed by atoms with Crippen LogP contribution in [0.3, 0.4) is 0 Å². The van der Waals surface area contributed by atoms with Crippen LogP contribution in [-0.2, 0) is 6.42 Å². The van der Waals surface area contributed by atoms with E-state index in [-0.39, 0.29) is 0 Å². The molecule has 0 unspecified atom stereocenters. The third-order valence-corrected chi connectivity index (χ3v) is 4.56. The Morgan fingerprint density at radius 2 is 2.21 bits per heavy atom. The Morgan fingerprint density at radius 1 is 1.50 bits per heavy atom. The van der Waals surface area contributed by atoms with Gasteiger partial charge in [-0.25, -0.2) is 0 Å². The molecular weight excluding hydrogens is 262 g/mol. The fourth-order valence-electron chi connectivity index (χ4n) is 1.87. The number of thiophene rings is 1. The fraction of sp³-hybridized carbons (Fsp3) is 0.600. The van der Waals surface area contributed by atoms with Crippen molar-refractivity contribution in [3.8, 4) is 0 Å². The smallest absolute Gasteiger partial charge is 0.0731 e. The van der Waals surface area contributed by atoms with Crippen molar-refractivity contribution in [1.82, 2.24) is 5.32 Å². The van der Waals surface area contributed by atoms with Gasteiger partial charge >= 0.3 is 0 Å². The maximum atomic E-state index is 10.3. The van der Waals surface area contributed by atoms with Gasteiger partial charge in [-0.2, -0.15) is 0 Å². The van der Waals surface area contributed by atoms with E-state index in [0.717, 1.165) is 36.1 Å². The quantitative estimate of drug-likeness (QED) is 0.867. The summed E-state index contributed by atoms with van der Waals surface area (Å²) in [4.78, 5) is 0. The molecule has 1 aliphatic heterocycles. The predicted molar refractivity (Wildman–Crippen MR) is 62.8 cm³/mol. The Balaban J connectivity index is 2.05. The summed E-state index contributed by atoms with van der Waals surface area (Å²) in [5.41, 5.74) is 0.744. The number of rotatable bonds is 2. The Morgan fingerprint density at radius 3 is 2.79 bits per heavy atom. The van der Waals surface area contributed by atoms with E-state index in [4.69, 9.17) is 0 Å². The lowest BCUT2D eigenvalue weighted by Crippen LogP contribution is -2.43. The zero-order chi connectivity index (χ0) is 10.0. The summed E-state index contributed by atoms with van der Waals surface area (Å²) >= 11 is 5.19. The van der Waals surface area contributed by atoms with Crippen molar-refractivity contribution in [1.29, 1.82) is 0 Å². The maximum Gasteiger partial charge on any atom is 0.0731 e. The average Bonchev–Trinajstić information content (AvgIpc) is 2.52. The van der Waals surface area contributed by atoms with E-state index in [1.54, 1.807) is 11.3 Å². The van der Waals surface area contributed by atoms with Crippen LogP contribution < -0.4 is 5.32 Å². The minimum Gasteiger partial charge on any atom is -0.389 e. The van der Waals surface area contributed by atoms with Crippen LogP contribution in [0.5, 0.6) is 0 Å². The number of hydrogen-bond acceptors (Lipinski definition) is 3. The van der Waals surface area contributed by atoms with Gasteiger partial charge in [-0.1, -0.05) is 0 Å². The molecule has 78 valence electrons. The van der Waals surface area contributed by atoms with Crippen molar-refractivity contribution in [3.05, 3.63) is 20.8 Å². The van der Waals surface area contributed by atoms with Crippen LogP contribution in [0.1, 0.15) is 18.4 Å². The standard InChI is InChI=1S/C10H14BrNOS/c11-9-8(1-6-14-9)7-10(13)2-4-12-5-3-10/h1,6,12-13H,2-5,7H2. The van der Waals surface area contributed by atoms with E-state index >= 15 is 0 Å². The van der Waals surface area contributed by atoms with E-state index < -0.39 is 5.60 Å². The predicted octanol–water partition coefficient (Wildman–Crippen LogP) is 2.17. The Bertz CT molecular complexity index is 307. The molecule has 0 bridgehead atoms. The van der Waals surface area contributed by atoms with E-state index in [1.165, 1.54) is 5.56 Å². The van der Waals surface area contributed by atoms with Crippen molar-refractivity contribution in [2.24, 2.45) is 0 Å². The molecule has 2 heterocycles. The Kier molecular flexibility index (Phi) is 3.27. The molecule has 0 aromatic carbocycles. The van der Waals surface area contributed by atoms with E-state index in [9.17, 15) is 5.11 Å². The lowest BCUT2D eigenvalue weighted by molar-refractivity contribution is 0.0108. The molecule has 2 rings (SSSR count). The minimum absolute atomic E-state index is 0.491. The Hall–Kier alpha value is 0.1000. The summed E-state index contributed by atoms with van der Waals surface area (Å²) in [5, 5.41) is 15.6. The molecule has 0 aliphatic carbocycles. The van der Waals surface area contributed by atoms with Gasteiger partial charge in [0, 0.05) is 6.42 Å². The minimum atomic E-state index is -0.491. The van der Waals surface area contributed by atoms with Crippen LogP contribution >= 0.6 is 27.3 Å². The number of aliphatic hydroxyl groups is 1. The second-order valence-electron chi connectivity index (χ2n) is 3.87. The van der Waals surface area contributed by atoms with Crippen molar-refractivity contribution < 1.29 is 5.11 Å². The van der Waals surface area contributed by atoms with Crippen LogP contribution in [0.25, 0.3) is 0 Å². The summed E-state index contributed by atoms with van der Waals surface area (Å²) in [6.07, 6.45) is 2.49. The average molecular weight is 276 g/mol. The molecule has 14 heavy (non-hydrogen) atoms. The highest BCUT2D eigenvalue weighted by Crippen LogP contribution is 2.30. The van der Waals surface area contributed by atoms with Crippen molar-refractivity contribution in [2.75, 3.05) is 13.1 Å². The third kappa shape index (κ3) is 2.37.